The van der Waals surface area contributed by atoms with Crippen LogP contribution in [0.15, 0.2) is 24.3 Å². The molecule has 2 aromatic rings. The van der Waals surface area contributed by atoms with Crippen LogP contribution in [0, 0.1) is 13.8 Å². The number of anilines is 1. The summed E-state index contributed by atoms with van der Waals surface area (Å²) < 4.78 is 0. The van der Waals surface area contributed by atoms with E-state index >= 15 is 0 Å². The van der Waals surface area contributed by atoms with Gasteiger partial charge in [0.25, 0.3) is 5.91 Å². The van der Waals surface area contributed by atoms with Crippen molar-refractivity contribution in [3.8, 4) is 0 Å². The zero-order valence-corrected chi connectivity index (χ0v) is 18.0. The number of aromatic nitrogens is 1. The van der Waals surface area contributed by atoms with E-state index in [1.807, 2.05) is 42.2 Å². The van der Waals surface area contributed by atoms with Crippen molar-refractivity contribution >= 4 is 29.2 Å². The van der Waals surface area contributed by atoms with Crippen LogP contribution >= 0.6 is 0 Å². The summed E-state index contributed by atoms with van der Waals surface area (Å²) in [5, 5.41) is 2.92. The van der Waals surface area contributed by atoms with Gasteiger partial charge in [0.05, 0.1) is 5.57 Å². The average Bonchev–Trinajstić information content (AvgIpc) is 3.22. The normalized spacial score (nSPS) is 18.0. The van der Waals surface area contributed by atoms with Gasteiger partial charge in [-0.1, -0.05) is 25.1 Å². The summed E-state index contributed by atoms with van der Waals surface area (Å²) in [6, 6.07) is 7.74. The highest BCUT2D eigenvalue weighted by Gasteiger charge is 2.25. The summed E-state index contributed by atoms with van der Waals surface area (Å²) in [5.41, 5.74) is 6.74. The van der Waals surface area contributed by atoms with Crippen molar-refractivity contribution < 1.29 is 9.59 Å². The number of fused-ring (bicyclic) bond motifs is 1. The number of amides is 2. The van der Waals surface area contributed by atoms with E-state index < -0.39 is 0 Å². The number of para-hydroxylation sites is 1. The Hall–Kier alpha value is -2.86. The number of H-pyrrole nitrogens is 1. The fourth-order valence-corrected chi connectivity index (χ4v) is 4.46. The minimum atomic E-state index is -0.0780. The maximum atomic E-state index is 12.7. The van der Waals surface area contributed by atoms with E-state index in [0.717, 1.165) is 60.9 Å². The molecule has 2 aliphatic heterocycles. The van der Waals surface area contributed by atoms with E-state index in [1.165, 1.54) is 5.56 Å². The van der Waals surface area contributed by atoms with E-state index in [0.29, 0.717) is 18.4 Å². The number of rotatable bonds is 5. The summed E-state index contributed by atoms with van der Waals surface area (Å²) in [5.74, 6) is 0.153. The van der Waals surface area contributed by atoms with Crippen molar-refractivity contribution in [3.63, 3.8) is 0 Å². The second-order valence-corrected chi connectivity index (χ2v) is 8.14. The molecule has 0 aliphatic carbocycles. The standard InChI is InChI=1S/C24H30N4O2/c1-4-27-11-13-28(14-12-27)23(29)10-9-18-16(2)22(25-17(18)3)15-20-19-7-5-6-8-21(19)26-24(20)30/h5-8,15,25H,4,9-14H2,1-3H3,(H,26,30). The third-order valence-corrected chi connectivity index (χ3v) is 6.39. The van der Waals surface area contributed by atoms with Gasteiger partial charge in [0.1, 0.15) is 0 Å². The molecule has 1 aromatic heterocycles. The monoisotopic (exact) mass is 406 g/mol. The summed E-state index contributed by atoms with van der Waals surface area (Å²) in [6.45, 7) is 10.9. The molecule has 2 amide bonds. The molecule has 1 aromatic carbocycles. The topological polar surface area (TPSA) is 68.4 Å². The zero-order valence-electron chi connectivity index (χ0n) is 18.0. The lowest BCUT2D eigenvalue weighted by Crippen LogP contribution is -2.48. The lowest BCUT2D eigenvalue weighted by atomic mass is 10.0. The fraction of sp³-hybridized carbons (Fsp3) is 0.417. The minimum absolute atomic E-state index is 0.0780. The molecule has 0 radical (unpaired) electrons. The Kier molecular flexibility index (Phi) is 5.77. The maximum Gasteiger partial charge on any atom is 0.256 e. The number of aromatic amines is 1. The molecular formula is C24H30N4O2. The predicted octanol–water partition coefficient (Wildman–Crippen LogP) is 3.22. The number of benzene rings is 1. The zero-order chi connectivity index (χ0) is 21.3. The van der Waals surface area contributed by atoms with Gasteiger partial charge in [-0.25, -0.2) is 0 Å². The highest BCUT2D eigenvalue weighted by atomic mass is 16.2. The Morgan fingerprint density at radius 1 is 1.13 bits per heavy atom. The quantitative estimate of drug-likeness (QED) is 0.749. The second kappa shape index (κ2) is 8.48. The van der Waals surface area contributed by atoms with Crippen molar-refractivity contribution in [3.05, 3.63) is 52.3 Å². The lowest BCUT2D eigenvalue weighted by Gasteiger charge is -2.34. The smallest absolute Gasteiger partial charge is 0.256 e. The molecule has 1 saturated heterocycles. The number of carbonyl (C=O) groups is 2. The number of aryl methyl sites for hydroxylation is 1. The molecule has 30 heavy (non-hydrogen) atoms. The van der Waals surface area contributed by atoms with Crippen LogP contribution in [0.4, 0.5) is 5.69 Å². The Morgan fingerprint density at radius 3 is 2.60 bits per heavy atom. The number of hydrogen-bond acceptors (Lipinski definition) is 3. The number of piperazine rings is 1. The van der Waals surface area contributed by atoms with Crippen molar-refractivity contribution in [2.24, 2.45) is 0 Å². The summed E-state index contributed by atoms with van der Waals surface area (Å²) in [6.07, 6.45) is 3.16. The van der Waals surface area contributed by atoms with Crippen molar-refractivity contribution in [1.82, 2.24) is 14.8 Å². The first kappa shape index (κ1) is 20.4. The van der Waals surface area contributed by atoms with Gasteiger partial charge >= 0.3 is 0 Å². The largest absolute Gasteiger partial charge is 0.359 e. The lowest BCUT2D eigenvalue weighted by molar-refractivity contribution is -0.132. The SMILES string of the molecule is CCN1CCN(C(=O)CCc2c(C)[nH]c(C=C3C(=O)Nc4ccccc43)c2C)CC1. The molecule has 0 bridgehead atoms. The Morgan fingerprint density at radius 2 is 1.87 bits per heavy atom. The first-order chi connectivity index (χ1) is 14.5. The molecule has 0 unspecified atom stereocenters. The summed E-state index contributed by atoms with van der Waals surface area (Å²) in [4.78, 5) is 32.9. The van der Waals surface area contributed by atoms with Crippen molar-refractivity contribution in [2.45, 2.75) is 33.6 Å². The Balaban J connectivity index is 1.47. The predicted molar refractivity (Wildman–Crippen MR) is 120 cm³/mol. The third kappa shape index (κ3) is 3.92. The molecule has 4 rings (SSSR count). The van der Waals surface area contributed by atoms with Crippen LogP contribution in [-0.4, -0.2) is 59.3 Å². The molecule has 0 atom stereocenters. The second-order valence-electron chi connectivity index (χ2n) is 8.14. The molecule has 6 heteroatoms. The highest BCUT2D eigenvalue weighted by molar-refractivity contribution is 6.34. The molecule has 0 spiro atoms. The van der Waals surface area contributed by atoms with Crippen LogP contribution in [-0.2, 0) is 16.0 Å². The number of hydrogen-bond donors (Lipinski definition) is 2. The molecule has 2 N–H and O–H groups in total. The first-order valence-corrected chi connectivity index (χ1v) is 10.8. The molecule has 2 aliphatic rings. The van der Waals surface area contributed by atoms with E-state index in [-0.39, 0.29) is 11.8 Å². The number of nitrogens with zero attached hydrogens (tertiary/aromatic N) is 2. The van der Waals surface area contributed by atoms with Crippen LogP contribution in [0.5, 0.6) is 0 Å². The Bertz CT molecular complexity index is 997. The summed E-state index contributed by atoms with van der Waals surface area (Å²) in [7, 11) is 0. The van der Waals surface area contributed by atoms with Crippen LogP contribution in [0.2, 0.25) is 0 Å². The van der Waals surface area contributed by atoms with Crippen LogP contribution < -0.4 is 5.32 Å². The van der Waals surface area contributed by atoms with Gasteiger partial charge in [-0.3, -0.25) is 9.59 Å². The van der Waals surface area contributed by atoms with Crippen LogP contribution in [0.1, 0.15) is 41.4 Å². The van der Waals surface area contributed by atoms with E-state index in [9.17, 15) is 9.59 Å². The minimum Gasteiger partial charge on any atom is -0.359 e. The molecule has 1 fully saturated rings. The summed E-state index contributed by atoms with van der Waals surface area (Å²) >= 11 is 0. The van der Waals surface area contributed by atoms with E-state index in [4.69, 9.17) is 0 Å². The van der Waals surface area contributed by atoms with Gasteiger partial charge in [0.2, 0.25) is 5.91 Å². The van der Waals surface area contributed by atoms with E-state index in [1.54, 1.807) is 0 Å². The molecule has 0 saturated carbocycles. The van der Waals surface area contributed by atoms with Crippen molar-refractivity contribution in [2.75, 3.05) is 38.0 Å². The van der Waals surface area contributed by atoms with E-state index in [2.05, 4.69) is 29.0 Å². The van der Waals surface area contributed by atoms with Crippen molar-refractivity contribution in [1.29, 1.82) is 0 Å². The van der Waals surface area contributed by atoms with Crippen LogP contribution in [0.3, 0.4) is 0 Å². The number of nitrogens with one attached hydrogen (secondary N) is 2. The van der Waals surface area contributed by atoms with Gasteiger partial charge in [0.15, 0.2) is 0 Å². The molecule has 158 valence electrons. The third-order valence-electron chi connectivity index (χ3n) is 6.39. The Labute approximate surface area is 177 Å². The van der Waals surface area contributed by atoms with Gasteiger partial charge in [-0.15, -0.1) is 0 Å². The number of likely N-dealkylation sites (N-methyl/N-ethyl adjacent to an activating group) is 1. The molecule has 6 nitrogen and oxygen atoms in total. The first-order valence-electron chi connectivity index (χ1n) is 10.8. The number of carbonyl (C=O) groups excluding carboxylic acids is 2. The average molecular weight is 407 g/mol. The molecular weight excluding hydrogens is 376 g/mol. The van der Waals surface area contributed by atoms with Gasteiger partial charge in [-0.05, 0) is 50.1 Å². The maximum absolute atomic E-state index is 12.7. The van der Waals surface area contributed by atoms with Gasteiger partial charge in [-0.2, -0.15) is 0 Å². The fourth-order valence-electron chi connectivity index (χ4n) is 4.46. The highest BCUT2D eigenvalue weighted by Crippen LogP contribution is 2.33. The van der Waals surface area contributed by atoms with Gasteiger partial charge in [0, 0.05) is 55.2 Å². The van der Waals surface area contributed by atoms with Crippen LogP contribution in [0.25, 0.3) is 11.6 Å². The van der Waals surface area contributed by atoms with Gasteiger partial charge < -0.3 is 20.1 Å². The molecule has 3 heterocycles.